The first-order valence-electron chi connectivity index (χ1n) is 34.0. The van der Waals surface area contributed by atoms with E-state index in [2.05, 4.69) is 46.5 Å². The molecule has 4 amide bonds. The van der Waals surface area contributed by atoms with Crippen molar-refractivity contribution >= 4 is 133 Å². The number of pyridine rings is 1. The Bertz CT molecular complexity index is 3630. The number of nitrogens with zero attached hydrogens (tertiary/aromatic N) is 5. The molecule has 5 heterocycles. The van der Waals surface area contributed by atoms with Crippen LogP contribution in [0.25, 0.3) is 11.1 Å². The molecule has 4 unspecified atom stereocenters. The van der Waals surface area contributed by atoms with Crippen LogP contribution in [0, 0.1) is 0 Å². The minimum atomic E-state index is -2.89. The predicted molar refractivity (Wildman–Crippen MR) is 403 cm³/mol. The molecule has 3 aromatic carbocycles. The number of benzene rings is 3. The first-order chi connectivity index (χ1) is 49.1. The molecule has 0 saturated carbocycles. The van der Waals surface area contributed by atoms with Gasteiger partial charge >= 0.3 is 12.2 Å². The van der Waals surface area contributed by atoms with E-state index >= 15 is 14.4 Å². The number of aliphatic hydroxyl groups is 1. The molecule has 8 rings (SSSR count). The van der Waals surface area contributed by atoms with Gasteiger partial charge in [-0.2, -0.15) is 0 Å². The molecule has 1 aromatic heterocycles. The topological polar surface area (TPSA) is 253 Å². The number of halogens is 6. The monoisotopic (exact) mass is 1600 g/mol. The lowest BCUT2D eigenvalue weighted by molar-refractivity contribution is -0.0147. The summed E-state index contributed by atoms with van der Waals surface area (Å²) in [5.74, 6) is 0.640. The third-order valence-corrected chi connectivity index (χ3v) is 28.0. The Balaban J connectivity index is 1.02. The van der Waals surface area contributed by atoms with E-state index in [1.165, 1.54) is 48.3 Å². The lowest BCUT2D eigenvalue weighted by Crippen LogP contribution is -2.58. The van der Waals surface area contributed by atoms with Crippen molar-refractivity contribution in [3.63, 3.8) is 0 Å². The number of fused-ring (bicyclic) bond motifs is 4. The zero-order valence-corrected chi connectivity index (χ0v) is 67.5. The second-order valence-electron chi connectivity index (χ2n) is 27.7. The number of carbonyl (C=O) groups excluding carboxylic acids is 4. The van der Waals surface area contributed by atoms with Crippen molar-refractivity contribution in [3.05, 3.63) is 102 Å². The highest BCUT2D eigenvalue weighted by Gasteiger charge is 2.54. The van der Waals surface area contributed by atoms with Crippen molar-refractivity contribution in [2.24, 2.45) is 0 Å². The number of anilines is 2. The van der Waals surface area contributed by atoms with Gasteiger partial charge in [0.1, 0.15) is 25.6 Å². The number of carbonyl (C=O) groups is 4. The average molecular weight is 1610 g/mol. The van der Waals surface area contributed by atoms with Crippen LogP contribution in [0.5, 0.6) is 34.6 Å². The van der Waals surface area contributed by atoms with Crippen LogP contribution in [0.1, 0.15) is 92.6 Å². The Hall–Kier alpha value is -5.58. The van der Waals surface area contributed by atoms with E-state index in [9.17, 15) is 4.79 Å². The summed E-state index contributed by atoms with van der Waals surface area (Å²) in [5.41, 5.74) is 3.30. The van der Waals surface area contributed by atoms with E-state index in [1.807, 2.05) is 56.5 Å². The molecule has 104 heavy (non-hydrogen) atoms. The maximum absolute atomic E-state index is 15.4. The van der Waals surface area contributed by atoms with Gasteiger partial charge in [0, 0.05) is 43.2 Å². The number of hydrogen-bond donors (Lipinski definition) is 1. The van der Waals surface area contributed by atoms with Crippen LogP contribution in [-0.2, 0) is 42.0 Å². The summed E-state index contributed by atoms with van der Waals surface area (Å²) in [6.07, 6.45) is 1.56. The molecular formula is C71H95Cl6N5O20Si2. The van der Waals surface area contributed by atoms with Gasteiger partial charge in [0.05, 0.1) is 142 Å². The van der Waals surface area contributed by atoms with E-state index in [0.29, 0.717) is 75.6 Å². The molecule has 4 aliphatic heterocycles. The Kier molecular flexibility index (Phi) is 29.9. The van der Waals surface area contributed by atoms with E-state index < -0.39 is 91.0 Å². The van der Waals surface area contributed by atoms with Crippen LogP contribution in [0.3, 0.4) is 0 Å². The number of ether oxygens (including phenoxy) is 13. The van der Waals surface area contributed by atoms with E-state index in [4.69, 9.17) is 145 Å². The van der Waals surface area contributed by atoms with Crippen molar-refractivity contribution in [2.75, 3.05) is 137 Å². The maximum atomic E-state index is 15.4. The second kappa shape index (κ2) is 37.0. The molecule has 4 atom stereocenters. The van der Waals surface area contributed by atoms with Gasteiger partial charge in [-0.15, -0.1) is 0 Å². The molecule has 0 saturated heterocycles. The Morgan fingerprint density at radius 3 is 1.27 bits per heavy atom. The highest BCUT2D eigenvalue weighted by molar-refractivity contribution is 6.74. The molecule has 4 aliphatic rings. The molecule has 0 spiro atoms. The van der Waals surface area contributed by atoms with Gasteiger partial charge in [0.15, 0.2) is 52.1 Å². The predicted octanol–water partition coefficient (Wildman–Crippen LogP) is 14.3. The smallest absolute Gasteiger partial charge is 0.416 e. The summed E-state index contributed by atoms with van der Waals surface area (Å²) in [6.45, 7) is 23.2. The number of hydrogen-bond acceptors (Lipinski definition) is 21. The summed E-state index contributed by atoms with van der Waals surface area (Å²) in [6, 6.07) is 15.5. The Labute approximate surface area is 640 Å². The van der Waals surface area contributed by atoms with Gasteiger partial charge in [-0.05, 0) is 102 Å². The van der Waals surface area contributed by atoms with Gasteiger partial charge < -0.3 is 85.3 Å². The SMILES string of the molecule is COc1ccc(C2=CN3C(=O)c4cc(OC)c(OCCCOc5cc6c(cc5OC)C(=O)N5C=C(c7ccc(OCCOCCOCCOCCOCCOCCO)nc7)CC5C(O[Si](C)(C)C(C)(C)C)N6C(=O)OCC(Cl)(Cl)Cl)cc4N(C(=O)OCC(Cl)(Cl)Cl)C(O[Si](C)(C)C(C)(C)C)C3C2)cc1. The van der Waals surface area contributed by atoms with E-state index in [0.717, 1.165) is 11.1 Å². The largest absolute Gasteiger partial charge is 0.497 e. The lowest BCUT2D eigenvalue weighted by Gasteiger charge is -2.44. The Morgan fingerprint density at radius 2 is 0.904 bits per heavy atom. The van der Waals surface area contributed by atoms with Crippen LogP contribution in [-0.4, -0.2) is 220 Å². The highest BCUT2D eigenvalue weighted by Crippen LogP contribution is 2.50. The average Bonchev–Trinajstić information content (AvgIpc) is 1.59. The van der Waals surface area contributed by atoms with Crippen LogP contribution >= 0.6 is 69.6 Å². The van der Waals surface area contributed by atoms with Crippen LogP contribution in [0.2, 0.25) is 36.3 Å². The number of aliphatic hydroxyl groups excluding tert-OH is 1. The minimum Gasteiger partial charge on any atom is -0.497 e. The van der Waals surface area contributed by atoms with Crippen LogP contribution < -0.4 is 38.2 Å². The number of alkyl halides is 6. The molecule has 25 nitrogen and oxygen atoms in total. The second-order valence-corrected chi connectivity index (χ2v) is 42.3. The van der Waals surface area contributed by atoms with Crippen molar-refractivity contribution in [3.8, 4) is 34.6 Å². The highest BCUT2D eigenvalue weighted by atomic mass is 35.6. The van der Waals surface area contributed by atoms with Gasteiger partial charge in [0.2, 0.25) is 13.5 Å². The number of amides is 4. The van der Waals surface area contributed by atoms with Gasteiger partial charge in [-0.1, -0.05) is 123 Å². The summed E-state index contributed by atoms with van der Waals surface area (Å²) < 4.78 is 85.6. The molecule has 0 bridgehead atoms. The van der Waals surface area contributed by atoms with Crippen molar-refractivity contribution in [1.29, 1.82) is 0 Å². The van der Waals surface area contributed by atoms with Crippen molar-refractivity contribution in [2.45, 2.75) is 129 Å². The van der Waals surface area contributed by atoms with Crippen molar-refractivity contribution in [1.82, 2.24) is 14.8 Å². The summed E-state index contributed by atoms with van der Waals surface area (Å²) in [7, 11) is -1.29. The standard InChI is InChI=1S/C71H95Cl6N5O20Si2/c1-68(2,3)103(10,11)101-64-55-35-48(46-15-18-50(88-7)19-16-46)42-79(55)62(84)51-37-57(89-8)59(39-53(51)81(64)66(86)99-44-70(72,73)74)96-22-14-23-97-60-40-54-52(38-58(60)90-9)63(85)80-43-49(36-56(80)65(102-104(12,13)69(4,5)6)82(54)67(87)100-45-71(75,76)77)47-17-20-61(78-41-47)98-34-33-95-32-31-94-30-29-93-28-27-92-26-25-91-24-21-83/h15-20,37-43,55-56,64-65,83H,14,21-36,44-45H2,1-13H3. The number of methoxy groups -OCH3 is 3. The molecule has 0 fully saturated rings. The number of rotatable bonds is 35. The third kappa shape index (κ3) is 22.1. The molecule has 33 heteroatoms. The zero-order chi connectivity index (χ0) is 76.0. The molecule has 4 aromatic rings. The fourth-order valence-corrected chi connectivity index (χ4v) is 13.8. The summed E-state index contributed by atoms with van der Waals surface area (Å²) in [4.78, 5) is 70.8. The normalized spacial score (nSPS) is 17.8. The van der Waals surface area contributed by atoms with Crippen molar-refractivity contribution < 1.29 is 94.7 Å². The van der Waals surface area contributed by atoms with Gasteiger partial charge in [-0.25, -0.2) is 24.4 Å². The fraction of sp³-hybridized carbons (Fsp3) is 0.563. The quantitative estimate of drug-likeness (QED) is 0.0255. The minimum absolute atomic E-state index is 0.0234. The fourth-order valence-electron chi connectivity index (χ4n) is 11.0. The molecule has 0 aliphatic carbocycles. The van der Waals surface area contributed by atoms with E-state index in [-0.39, 0.29) is 109 Å². The molecule has 0 radical (unpaired) electrons. The Morgan fingerprint density at radius 1 is 0.510 bits per heavy atom. The molecule has 1 N–H and O–H groups in total. The maximum Gasteiger partial charge on any atom is 0.416 e. The van der Waals surface area contributed by atoms with E-state index in [1.54, 1.807) is 41.6 Å². The third-order valence-electron chi connectivity index (χ3n) is 18.5. The van der Waals surface area contributed by atoms with Gasteiger partial charge in [-0.3, -0.25) is 9.59 Å². The molecular weight excluding hydrogens is 1510 g/mol. The first-order valence-corrected chi connectivity index (χ1v) is 42.1. The summed E-state index contributed by atoms with van der Waals surface area (Å²) >= 11 is 37.3. The van der Waals surface area contributed by atoms with Crippen LogP contribution in [0.4, 0.5) is 21.0 Å². The lowest BCUT2D eigenvalue weighted by atomic mass is 10.0. The molecule has 574 valence electrons. The van der Waals surface area contributed by atoms with Crippen LogP contribution in [0.15, 0.2) is 79.3 Å². The van der Waals surface area contributed by atoms with Gasteiger partial charge in [0.25, 0.3) is 11.8 Å². The zero-order valence-electron chi connectivity index (χ0n) is 61.0. The number of aromatic nitrogens is 1. The summed E-state index contributed by atoms with van der Waals surface area (Å²) in [5, 5.41) is 7.97. The first kappa shape index (κ1) is 84.1.